The van der Waals surface area contributed by atoms with Crippen molar-refractivity contribution in [3.63, 3.8) is 0 Å². The van der Waals surface area contributed by atoms with Crippen molar-refractivity contribution >= 4 is 28.4 Å². The van der Waals surface area contributed by atoms with Crippen LogP contribution in [0.3, 0.4) is 0 Å². The number of carboxylic acids is 1. The summed E-state index contributed by atoms with van der Waals surface area (Å²) < 4.78 is 52.6. The second-order valence-electron chi connectivity index (χ2n) is 12.2. The summed E-state index contributed by atoms with van der Waals surface area (Å²) in [7, 11) is 0. The van der Waals surface area contributed by atoms with E-state index >= 15 is 0 Å². The molecule has 13 heteroatoms. The Hall–Kier alpha value is -4.26. The van der Waals surface area contributed by atoms with Gasteiger partial charge in [0.05, 0.1) is 13.1 Å². The van der Waals surface area contributed by atoms with Gasteiger partial charge in [-0.25, -0.2) is 19.2 Å². The number of hydrogen-bond donors (Lipinski definition) is 3. The number of rotatable bonds is 15. The highest BCUT2D eigenvalue weighted by Crippen LogP contribution is 2.31. The van der Waals surface area contributed by atoms with Crippen molar-refractivity contribution < 1.29 is 27.5 Å². The van der Waals surface area contributed by atoms with Crippen LogP contribution in [0.5, 0.6) is 0 Å². The summed E-state index contributed by atoms with van der Waals surface area (Å²) in [5, 5.41) is 18.0. The number of nitrogens with one attached hydrogen (secondary N) is 1. The van der Waals surface area contributed by atoms with E-state index in [0.29, 0.717) is 30.2 Å². The summed E-state index contributed by atoms with van der Waals surface area (Å²) in [5.74, 6) is -0.491. The van der Waals surface area contributed by atoms with Crippen LogP contribution < -0.4 is 16.0 Å². The Balaban J connectivity index is 0.000000218. The first-order valence-electron chi connectivity index (χ1n) is 16.6. The highest BCUT2D eigenvalue weighted by atomic mass is 19.4. The lowest BCUT2D eigenvalue weighted by molar-refractivity contribution is -0.142. The van der Waals surface area contributed by atoms with E-state index in [4.69, 9.17) is 10.8 Å². The van der Waals surface area contributed by atoms with Crippen molar-refractivity contribution in [1.29, 1.82) is 0 Å². The molecule has 0 amide bonds. The molecule has 1 aliphatic rings. The van der Waals surface area contributed by atoms with Gasteiger partial charge in [-0.15, -0.1) is 0 Å². The van der Waals surface area contributed by atoms with Gasteiger partial charge in [0.2, 0.25) is 0 Å². The van der Waals surface area contributed by atoms with E-state index in [9.17, 15) is 22.4 Å². The Kier molecular flexibility index (Phi) is 13.5. The Labute approximate surface area is 278 Å². The summed E-state index contributed by atoms with van der Waals surface area (Å²) in [6.45, 7) is 5.06. The van der Waals surface area contributed by atoms with Crippen molar-refractivity contribution in [2.75, 3.05) is 30.3 Å². The highest BCUT2D eigenvalue weighted by molar-refractivity contribution is 5.91. The molecule has 4 heterocycles. The lowest BCUT2D eigenvalue weighted by Crippen LogP contribution is -2.21. The maximum absolute atomic E-state index is 13.2. The molecule has 3 aromatic heterocycles. The van der Waals surface area contributed by atoms with E-state index in [1.165, 1.54) is 68.5 Å². The predicted octanol–water partition coefficient (Wildman–Crippen LogP) is 7.64. The summed E-state index contributed by atoms with van der Waals surface area (Å²) in [4.78, 5) is 21.0. The summed E-state index contributed by atoms with van der Waals surface area (Å²) in [6, 6.07) is 11.7. The van der Waals surface area contributed by atoms with Gasteiger partial charge in [-0.2, -0.15) is 18.3 Å². The number of nitrogens with zero attached hydrogens (tertiary/aromatic N) is 5. The third kappa shape index (κ3) is 10.9. The lowest BCUT2D eigenvalue weighted by Gasteiger charge is -2.16. The molecule has 0 saturated carbocycles. The van der Waals surface area contributed by atoms with E-state index in [2.05, 4.69) is 45.5 Å². The van der Waals surface area contributed by atoms with Gasteiger partial charge in [0.15, 0.2) is 5.69 Å². The molecule has 0 radical (unpaired) electrons. The number of carboxylic acid groups (broad SMARTS) is 1. The number of unbranched alkanes of at least 4 members (excludes halogenated alkanes) is 7. The SMILES string of the molecule is CCCCCCCCCCNCc1ccc2c(N)nccc2c1.O=C(O)c1cn(Cc2ccc(N3CC[C@H](F)C3)nc2)nc1C(F)(F)F. The van der Waals surface area contributed by atoms with Crippen molar-refractivity contribution in [3.05, 3.63) is 77.4 Å². The molecule has 9 nitrogen and oxygen atoms in total. The molecule has 0 bridgehead atoms. The Bertz CT molecular complexity index is 1590. The first-order chi connectivity index (χ1) is 23.0. The third-order valence-corrected chi connectivity index (χ3v) is 8.26. The molecule has 4 N–H and O–H groups in total. The topological polar surface area (TPSA) is 122 Å². The van der Waals surface area contributed by atoms with Crippen LogP contribution in [-0.2, 0) is 19.3 Å². The third-order valence-electron chi connectivity index (χ3n) is 8.26. The van der Waals surface area contributed by atoms with Crippen LogP contribution in [0.2, 0.25) is 0 Å². The summed E-state index contributed by atoms with van der Waals surface area (Å²) in [5.41, 5.74) is 5.41. The molecule has 0 unspecified atom stereocenters. The number of alkyl halides is 4. The second kappa shape index (κ2) is 17.8. The quantitative estimate of drug-likeness (QED) is 0.0871. The van der Waals surface area contributed by atoms with Crippen molar-refractivity contribution in [3.8, 4) is 0 Å². The van der Waals surface area contributed by atoms with E-state index < -0.39 is 29.6 Å². The number of benzene rings is 1. The molecule has 1 aromatic carbocycles. The van der Waals surface area contributed by atoms with Crippen LogP contribution in [-0.4, -0.2) is 56.6 Å². The van der Waals surface area contributed by atoms with Crippen LogP contribution in [0.4, 0.5) is 29.2 Å². The van der Waals surface area contributed by atoms with Gasteiger partial charge in [-0.05, 0) is 54.1 Å². The number of carbonyl (C=O) groups is 1. The summed E-state index contributed by atoms with van der Waals surface area (Å²) >= 11 is 0. The van der Waals surface area contributed by atoms with Crippen LogP contribution in [0, 0.1) is 0 Å². The summed E-state index contributed by atoms with van der Waals surface area (Å²) in [6.07, 6.45) is 9.74. The Morgan fingerprint density at radius 3 is 2.38 bits per heavy atom. The van der Waals surface area contributed by atoms with Crippen LogP contribution in [0.15, 0.2) is 55.0 Å². The maximum atomic E-state index is 13.2. The first-order valence-corrected chi connectivity index (χ1v) is 16.6. The molecule has 1 saturated heterocycles. The number of halogens is 4. The number of anilines is 2. The van der Waals surface area contributed by atoms with Crippen LogP contribution in [0.25, 0.3) is 10.8 Å². The normalized spacial score (nSPS) is 14.7. The van der Waals surface area contributed by atoms with Gasteiger partial charge in [-0.3, -0.25) is 4.68 Å². The maximum Gasteiger partial charge on any atom is 0.436 e. The number of aromatic nitrogens is 4. The zero-order valence-corrected chi connectivity index (χ0v) is 27.4. The molecule has 0 spiro atoms. The van der Waals surface area contributed by atoms with Gasteiger partial charge >= 0.3 is 12.1 Å². The van der Waals surface area contributed by atoms with Gasteiger partial charge < -0.3 is 21.1 Å². The molecule has 1 fully saturated rings. The number of nitrogens with two attached hydrogens (primary N) is 1. The lowest BCUT2D eigenvalue weighted by atomic mass is 10.1. The van der Waals surface area contributed by atoms with E-state index in [1.54, 1.807) is 23.2 Å². The molecule has 1 atom stereocenters. The molecule has 260 valence electrons. The van der Waals surface area contributed by atoms with Crippen molar-refractivity contribution in [1.82, 2.24) is 25.1 Å². The molecule has 1 aliphatic heterocycles. The minimum Gasteiger partial charge on any atom is -0.478 e. The van der Waals surface area contributed by atoms with Crippen LogP contribution in [0.1, 0.15) is 91.9 Å². The minimum atomic E-state index is -4.85. The minimum absolute atomic E-state index is 0.0601. The molecular formula is C35H45F4N7O2. The average molecular weight is 672 g/mol. The molecule has 0 aliphatic carbocycles. The smallest absolute Gasteiger partial charge is 0.436 e. The van der Waals surface area contributed by atoms with E-state index in [1.807, 2.05) is 6.07 Å². The number of nitrogen functional groups attached to an aromatic ring is 1. The van der Waals surface area contributed by atoms with Crippen molar-refractivity contribution in [2.45, 2.75) is 90.1 Å². The number of pyridine rings is 2. The van der Waals surface area contributed by atoms with Crippen molar-refractivity contribution in [2.24, 2.45) is 0 Å². The molecular weight excluding hydrogens is 626 g/mol. The second-order valence-corrected chi connectivity index (χ2v) is 12.2. The monoisotopic (exact) mass is 671 g/mol. The Morgan fingerprint density at radius 1 is 1.02 bits per heavy atom. The fraction of sp³-hybridized carbons (Fsp3) is 0.486. The first kappa shape index (κ1) is 36.6. The molecule has 48 heavy (non-hydrogen) atoms. The fourth-order valence-electron chi connectivity index (χ4n) is 5.66. The Morgan fingerprint density at radius 2 is 1.75 bits per heavy atom. The van der Waals surface area contributed by atoms with E-state index in [0.717, 1.165) is 29.4 Å². The highest BCUT2D eigenvalue weighted by Gasteiger charge is 2.39. The number of fused-ring (bicyclic) bond motifs is 1. The average Bonchev–Trinajstić information content (AvgIpc) is 3.70. The van der Waals surface area contributed by atoms with E-state index in [-0.39, 0.29) is 13.1 Å². The largest absolute Gasteiger partial charge is 0.478 e. The zero-order valence-electron chi connectivity index (χ0n) is 27.4. The van der Waals surface area contributed by atoms with Gasteiger partial charge in [0.1, 0.15) is 23.4 Å². The predicted molar refractivity (Wildman–Crippen MR) is 180 cm³/mol. The standard InChI is InChI=1S/C20H31N3.C15H14F4N4O2/c1-2-3-4-5-6-7-8-9-13-22-16-17-10-11-19-18(15-17)12-14-23-20(19)21;16-10-3-4-22(7-10)12-2-1-9(5-20-12)6-23-8-11(14(24)25)13(21-23)15(17,18)19/h10-12,14-15,22H,2-9,13,16H2,1H3,(H2,21,23);1-2,5,8,10H,3-4,6-7H2,(H,24,25)/t;10-/m.0/s1. The number of aromatic carboxylic acids is 1. The van der Waals surface area contributed by atoms with Gasteiger partial charge in [0.25, 0.3) is 0 Å². The number of hydrogen-bond acceptors (Lipinski definition) is 7. The fourth-order valence-corrected chi connectivity index (χ4v) is 5.66. The van der Waals surface area contributed by atoms with Gasteiger partial charge in [0, 0.05) is 37.1 Å². The molecule has 5 rings (SSSR count). The molecule has 4 aromatic rings. The van der Waals surface area contributed by atoms with Gasteiger partial charge in [-0.1, -0.05) is 70.1 Å². The zero-order chi connectivity index (χ0) is 34.5. The van der Waals surface area contributed by atoms with Crippen LogP contribution >= 0.6 is 0 Å².